The smallest absolute Gasteiger partial charge is 0.303 e. The Morgan fingerprint density at radius 3 is 2.94 bits per heavy atom. The Kier molecular flexibility index (Phi) is 2.69. The van der Waals surface area contributed by atoms with Crippen molar-refractivity contribution in [3.63, 3.8) is 0 Å². The average Bonchev–Trinajstić information content (AvgIpc) is 2.59. The largest absolute Gasteiger partial charge is 0.481 e. The first kappa shape index (κ1) is 10.7. The molecule has 0 saturated heterocycles. The van der Waals surface area contributed by atoms with Crippen molar-refractivity contribution >= 4 is 16.9 Å². The first-order valence-electron chi connectivity index (χ1n) is 5.27. The van der Waals surface area contributed by atoms with Gasteiger partial charge in [0, 0.05) is 10.9 Å². The number of rotatable bonds is 3. The van der Waals surface area contributed by atoms with Crippen LogP contribution in [0.15, 0.2) is 28.9 Å². The second-order valence-electron chi connectivity index (χ2n) is 4.19. The maximum Gasteiger partial charge on any atom is 0.303 e. The highest BCUT2D eigenvalue weighted by Gasteiger charge is 2.15. The third-order valence-electron chi connectivity index (χ3n) is 2.77. The van der Waals surface area contributed by atoms with Crippen LogP contribution in [0.25, 0.3) is 11.0 Å². The van der Waals surface area contributed by atoms with E-state index in [4.69, 9.17) is 9.52 Å². The zero-order valence-corrected chi connectivity index (χ0v) is 9.36. The van der Waals surface area contributed by atoms with Gasteiger partial charge in [-0.15, -0.1) is 0 Å². The Bertz CT molecular complexity index is 525. The summed E-state index contributed by atoms with van der Waals surface area (Å²) >= 11 is 0. The van der Waals surface area contributed by atoms with Gasteiger partial charge in [-0.3, -0.25) is 4.79 Å². The number of benzene rings is 1. The number of furan rings is 1. The van der Waals surface area contributed by atoms with Gasteiger partial charge in [0.25, 0.3) is 0 Å². The lowest BCUT2D eigenvalue weighted by atomic mass is 9.97. The summed E-state index contributed by atoms with van der Waals surface area (Å²) in [4.78, 5) is 10.7. The minimum absolute atomic E-state index is 0.0264. The maximum absolute atomic E-state index is 10.7. The van der Waals surface area contributed by atoms with E-state index in [2.05, 4.69) is 0 Å². The van der Waals surface area contributed by atoms with Gasteiger partial charge in [-0.2, -0.15) is 0 Å². The van der Waals surface area contributed by atoms with Gasteiger partial charge in [0.15, 0.2) is 0 Å². The molecule has 0 aliphatic carbocycles. The fourth-order valence-electron chi connectivity index (χ4n) is 1.91. The molecular weight excluding hydrogens is 204 g/mol. The van der Waals surface area contributed by atoms with Crippen molar-refractivity contribution in [3.8, 4) is 0 Å². The monoisotopic (exact) mass is 218 g/mol. The molecule has 3 nitrogen and oxygen atoms in total. The van der Waals surface area contributed by atoms with Crippen LogP contribution in [0.3, 0.4) is 0 Å². The molecule has 16 heavy (non-hydrogen) atoms. The molecule has 1 aromatic heterocycles. The van der Waals surface area contributed by atoms with E-state index in [9.17, 15) is 4.79 Å². The van der Waals surface area contributed by atoms with Crippen LogP contribution >= 0.6 is 0 Å². The third kappa shape index (κ3) is 1.94. The van der Waals surface area contributed by atoms with Gasteiger partial charge in [-0.25, -0.2) is 0 Å². The Labute approximate surface area is 93.7 Å². The Morgan fingerprint density at radius 1 is 1.50 bits per heavy atom. The highest BCUT2D eigenvalue weighted by atomic mass is 16.4. The Balaban J connectivity index is 2.41. The minimum Gasteiger partial charge on any atom is -0.481 e. The molecule has 1 aromatic carbocycles. The molecule has 0 fully saturated rings. The fourth-order valence-corrected chi connectivity index (χ4v) is 1.91. The number of carbonyl (C=O) groups is 1. The lowest BCUT2D eigenvalue weighted by molar-refractivity contribution is -0.137. The lowest BCUT2D eigenvalue weighted by Gasteiger charge is -2.05. The number of aliphatic carboxylic acids is 1. The van der Waals surface area contributed by atoms with Crippen molar-refractivity contribution in [2.24, 2.45) is 0 Å². The number of hydrogen-bond acceptors (Lipinski definition) is 2. The predicted octanol–water partition coefficient (Wildman–Crippen LogP) is 3.32. The van der Waals surface area contributed by atoms with E-state index in [-0.39, 0.29) is 12.3 Å². The summed E-state index contributed by atoms with van der Waals surface area (Å²) in [6.07, 6.45) is 1.79. The molecule has 0 radical (unpaired) electrons. The number of aryl methyl sites for hydroxylation is 1. The molecule has 3 heteroatoms. The van der Waals surface area contributed by atoms with E-state index in [1.807, 2.05) is 32.0 Å². The molecule has 0 aliphatic heterocycles. The Morgan fingerprint density at radius 2 is 2.25 bits per heavy atom. The molecule has 0 bridgehead atoms. The van der Waals surface area contributed by atoms with E-state index < -0.39 is 5.97 Å². The van der Waals surface area contributed by atoms with Crippen molar-refractivity contribution in [1.82, 2.24) is 0 Å². The van der Waals surface area contributed by atoms with E-state index in [1.165, 1.54) is 0 Å². The van der Waals surface area contributed by atoms with E-state index in [0.717, 1.165) is 22.1 Å². The molecule has 0 saturated carbocycles. The molecule has 0 spiro atoms. The minimum atomic E-state index is -0.783. The van der Waals surface area contributed by atoms with Gasteiger partial charge in [0.2, 0.25) is 0 Å². The van der Waals surface area contributed by atoms with Gasteiger partial charge in [0.1, 0.15) is 5.58 Å². The predicted molar refractivity (Wildman–Crippen MR) is 61.6 cm³/mol. The van der Waals surface area contributed by atoms with Gasteiger partial charge < -0.3 is 9.52 Å². The van der Waals surface area contributed by atoms with Crippen LogP contribution in [0.1, 0.15) is 30.4 Å². The molecular formula is C13H14O3. The maximum atomic E-state index is 10.7. The standard InChI is InChI=1S/C13H14O3/c1-8-3-4-10-11(7-16-12(10)5-8)9(2)6-13(14)15/h3-5,7,9H,6H2,1-2H3,(H,14,15). The van der Waals surface area contributed by atoms with Crippen molar-refractivity contribution in [3.05, 3.63) is 35.6 Å². The van der Waals surface area contributed by atoms with Crippen molar-refractivity contribution < 1.29 is 14.3 Å². The zero-order valence-electron chi connectivity index (χ0n) is 9.36. The molecule has 2 rings (SSSR count). The second kappa shape index (κ2) is 4.00. The summed E-state index contributed by atoms with van der Waals surface area (Å²) in [5.74, 6) is -0.810. The van der Waals surface area contributed by atoms with Crippen molar-refractivity contribution in [2.45, 2.75) is 26.2 Å². The zero-order chi connectivity index (χ0) is 11.7. The summed E-state index contributed by atoms with van der Waals surface area (Å²) in [5.41, 5.74) is 2.93. The molecule has 2 aromatic rings. The topological polar surface area (TPSA) is 50.4 Å². The van der Waals surface area contributed by atoms with Crippen molar-refractivity contribution in [2.75, 3.05) is 0 Å². The van der Waals surface area contributed by atoms with E-state index in [0.29, 0.717) is 0 Å². The van der Waals surface area contributed by atoms with Crippen molar-refractivity contribution in [1.29, 1.82) is 0 Å². The van der Waals surface area contributed by atoms with Gasteiger partial charge >= 0.3 is 5.97 Å². The summed E-state index contributed by atoms with van der Waals surface area (Å²) in [7, 11) is 0. The number of fused-ring (bicyclic) bond motifs is 1. The quantitative estimate of drug-likeness (QED) is 0.859. The fraction of sp³-hybridized carbons (Fsp3) is 0.308. The number of hydrogen-bond donors (Lipinski definition) is 1. The van der Waals surface area contributed by atoms with Gasteiger partial charge in [-0.05, 0) is 24.5 Å². The first-order chi connectivity index (χ1) is 7.58. The first-order valence-corrected chi connectivity index (χ1v) is 5.27. The number of carboxylic acid groups (broad SMARTS) is 1. The SMILES string of the molecule is Cc1ccc2c(C(C)CC(=O)O)coc2c1. The summed E-state index contributed by atoms with van der Waals surface area (Å²) < 4.78 is 5.44. The normalized spacial score (nSPS) is 12.9. The van der Waals surface area contributed by atoms with Crippen LogP contribution in [-0.2, 0) is 4.79 Å². The highest BCUT2D eigenvalue weighted by molar-refractivity contribution is 5.83. The van der Waals surface area contributed by atoms with Crippen LogP contribution < -0.4 is 0 Å². The van der Waals surface area contributed by atoms with E-state index >= 15 is 0 Å². The van der Waals surface area contributed by atoms with Crippen LogP contribution in [0.2, 0.25) is 0 Å². The number of carboxylic acids is 1. The molecule has 1 atom stereocenters. The Hall–Kier alpha value is -1.77. The van der Waals surface area contributed by atoms with Crippen LogP contribution in [0.5, 0.6) is 0 Å². The lowest BCUT2D eigenvalue weighted by Crippen LogP contribution is -2.02. The molecule has 1 heterocycles. The highest BCUT2D eigenvalue weighted by Crippen LogP contribution is 2.29. The van der Waals surface area contributed by atoms with Gasteiger partial charge in [0.05, 0.1) is 12.7 Å². The molecule has 1 unspecified atom stereocenters. The second-order valence-corrected chi connectivity index (χ2v) is 4.19. The van der Waals surface area contributed by atoms with Gasteiger partial charge in [-0.1, -0.05) is 19.1 Å². The third-order valence-corrected chi connectivity index (χ3v) is 2.77. The summed E-state index contributed by atoms with van der Waals surface area (Å²) in [6.45, 7) is 3.90. The molecule has 0 aliphatic rings. The van der Waals surface area contributed by atoms with E-state index in [1.54, 1.807) is 6.26 Å². The van der Waals surface area contributed by atoms with Crippen LogP contribution in [0, 0.1) is 6.92 Å². The molecule has 84 valence electrons. The van der Waals surface area contributed by atoms with Crippen LogP contribution in [0.4, 0.5) is 0 Å². The summed E-state index contributed by atoms with van der Waals surface area (Å²) in [5, 5.41) is 9.78. The molecule has 1 N–H and O–H groups in total. The average molecular weight is 218 g/mol. The summed E-state index contributed by atoms with van der Waals surface area (Å²) in [6, 6.07) is 5.96. The van der Waals surface area contributed by atoms with Crippen LogP contribution in [-0.4, -0.2) is 11.1 Å². The molecule has 0 amide bonds.